The number of hydrogen-bond donors (Lipinski definition) is 0. The molecule has 1 unspecified atom stereocenters. The van der Waals surface area contributed by atoms with E-state index in [1.54, 1.807) is 0 Å². The zero-order chi connectivity index (χ0) is 8.53. The summed E-state index contributed by atoms with van der Waals surface area (Å²) in [5.74, 6) is 0.759. The average molecular weight is 157 g/mol. The highest BCUT2D eigenvalue weighted by Gasteiger charge is 1.99. The molecule has 11 heavy (non-hydrogen) atoms. The van der Waals surface area contributed by atoms with Crippen molar-refractivity contribution in [1.82, 2.24) is 0 Å². The second-order valence-corrected chi connectivity index (χ2v) is 2.97. The van der Waals surface area contributed by atoms with E-state index in [-0.39, 0.29) is 0 Å². The number of ether oxygens (including phenoxy) is 1. The summed E-state index contributed by atoms with van der Waals surface area (Å²) in [7, 11) is 0. The molecule has 1 radical (unpaired) electrons. The lowest BCUT2D eigenvalue weighted by Crippen LogP contribution is -1.98. The van der Waals surface area contributed by atoms with Crippen molar-refractivity contribution in [2.75, 3.05) is 6.61 Å². The van der Waals surface area contributed by atoms with E-state index >= 15 is 0 Å². The van der Waals surface area contributed by atoms with E-state index in [9.17, 15) is 4.79 Å². The Hall–Kier alpha value is -0.530. The third-order valence-corrected chi connectivity index (χ3v) is 1.78. The average Bonchev–Trinajstić information content (AvgIpc) is 1.99. The molecule has 0 aliphatic carbocycles. The third-order valence-electron chi connectivity index (χ3n) is 1.78. The van der Waals surface area contributed by atoms with Gasteiger partial charge in [0, 0.05) is 0 Å². The first-order chi connectivity index (χ1) is 5.31. The molecule has 0 N–H and O–H groups in total. The van der Waals surface area contributed by atoms with E-state index in [1.165, 1.54) is 19.3 Å². The molecule has 2 heteroatoms. The maximum atomic E-state index is 9.63. The van der Waals surface area contributed by atoms with Crippen molar-refractivity contribution >= 4 is 6.47 Å². The maximum absolute atomic E-state index is 9.63. The van der Waals surface area contributed by atoms with Crippen molar-refractivity contribution in [3.05, 3.63) is 0 Å². The van der Waals surface area contributed by atoms with Crippen molar-refractivity contribution in [2.45, 2.75) is 39.5 Å². The van der Waals surface area contributed by atoms with Gasteiger partial charge in [-0.2, -0.15) is 0 Å². The van der Waals surface area contributed by atoms with Gasteiger partial charge in [-0.1, -0.05) is 26.7 Å². The van der Waals surface area contributed by atoms with Gasteiger partial charge < -0.3 is 4.74 Å². The van der Waals surface area contributed by atoms with E-state index in [4.69, 9.17) is 0 Å². The topological polar surface area (TPSA) is 26.3 Å². The molecule has 0 saturated heterocycles. The third kappa shape index (κ3) is 7.37. The predicted molar refractivity (Wildman–Crippen MR) is 45.0 cm³/mol. The van der Waals surface area contributed by atoms with E-state index in [0.717, 1.165) is 18.8 Å². The van der Waals surface area contributed by atoms with Gasteiger partial charge in [-0.15, -0.1) is 0 Å². The van der Waals surface area contributed by atoms with Crippen LogP contribution in [0, 0.1) is 5.92 Å². The summed E-state index contributed by atoms with van der Waals surface area (Å²) in [4.78, 5) is 9.63. The number of hydrogen-bond acceptors (Lipinski definition) is 2. The molecule has 0 saturated carbocycles. The first-order valence-electron chi connectivity index (χ1n) is 4.30. The normalized spacial score (nSPS) is 12.5. The van der Waals surface area contributed by atoms with Crippen LogP contribution < -0.4 is 0 Å². The SMILES string of the molecule is CCCC(C)CCCO[C]=O. The molecule has 0 bridgehead atoms. The maximum Gasteiger partial charge on any atom is 0.417 e. The molecule has 0 spiro atoms. The molecule has 0 aromatic carbocycles. The molecule has 0 aliphatic heterocycles. The largest absolute Gasteiger partial charge is 0.457 e. The van der Waals surface area contributed by atoms with Gasteiger partial charge in [0.25, 0.3) is 0 Å². The van der Waals surface area contributed by atoms with Gasteiger partial charge in [-0.05, 0) is 18.8 Å². The molecular weight excluding hydrogens is 140 g/mol. The van der Waals surface area contributed by atoms with Crippen molar-refractivity contribution in [3.63, 3.8) is 0 Å². The highest BCUT2D eigenvalue weighted by atomic mass is 16.5. The van der Waals surface area contributed by atoms with E-state index in [1.807, 2.05) is 0 Å². The Morgan fingerprint density at radius 2 is 2.18 bits per heavy atom. The lowest BCUT2D eigenvalue weighted by molar-refractivity contribution is 0.260. The summed E-state index contributed by atoms with van der Waals surface area (Å²) in [6.45, 7) is 6.37. The highest BCUT2D eigenvalue weighted by molar-refractivity contribution is 5.37. The van der Waals surface area contributed by atoms with Crippen LogP contribution in [-0.2, 0) is 9.53 Å². The van der Waals surface area contributed by atoms with Crippen LogP contribution in [0.5, 0.6) is 0 Å². The Bertz CT molecular complexity index is 91.6. The minimum atomic E-state index is 0.525. The Kier molecular flexibility index (Phi) is 7.21. The van der Waals surface area contributed by atoms with E-state index in [2.05, 4.69) is 18.6 Å². The highest BCUT2D eigenvalue weighted by Crippen LogP contribution is 2.11. The summed E-state index contributed by atoms with van der Waals surface area (Å²) >= 11 is 0. The second kappa shape index (κ2) is 7.58. The standard InChI is InChI=1S/C9H17O2/c1-3-5-9(2)6-4-7-11-8-10/h9H,3-7H2,1-2H3. The monoisotopic (exact) mass is 157 g/mol. The van der Waals surface area contributed by atoms with Gasteiger partial charge in [0.2, 0.25) is 0 Å². The Labute approximate surface area is 68.9 Å². The minimum Gasteiger partial charge on any atom is -0.457 e. The van der Waals surface area contributed by atoms with Gasteiger partial charge in [-0.25, -0.2) is 4.79 Å². The predicted octanol–water partition coefficient (Wildman–Crippen LogP) is 2.29. The minimum absolute atomic E-state index is 0.525. The Morgan fingerprint density at radius 1 is 1.45 bits per heavy atom. The van der Waals surface area contributed by atoms with Gasteiger partial charge in [-0.3, -0.25) is 0 Å². The van der Waals surface area contributed by atoms with Crippen molar-refractivity contribution < 1.29 is 9.53 Å². The molecule has 0 rings (SSSR count). The van der Waals surface area contributed by atoms with Crippen LogP contribution in [0.4, 0.5) is 0 Å². The van der Waals surface area contributed by atoms with Crippen molar-refractivity contribution in [2.24, 2.45) is 5.92 Å². The van der Waals surface area contributed by atoms with Gasteiger partial charge in [0.15, 0.2) is 0 Å². The molecule has 0 aliphatic rings. The van der Waals surface area contributed by atoms with Gasteiger partial charge in [0.1, 0.15) is 0 Å². The zero-order valence-corrected chi connectivity index (χ0v) is 7.43. The fraction of sp³-hybridized carbons (Fsp3) is 0.889. The molecule has 0 aromatic heterocycles. The zero-order valence-electron chi connectivity index (χ0n) is 7.43. The first-order valence-corrected chi connectivity index (χ1v) is 4.30. The fourth-order valence-corrected chi connectivity index (χ4v) is 1.18. The molecule has 1 atom stereocenters. The fourth-order valence-electron chi connectivity index (χ4n) is 1.18. The van der Waals surface area contributed by atoms with Crippen LogP contribution in [0.3, 0.4) is 0 Å². The molecule has 0 fully saturated rings. The molecular formula is C9H17O2. The Balaban J connectivity index is 3.03. The van der Waals surface area contributed by atoms with Gasteiger partial charge in [0.05, 0.1) is 6.61 Å². The summed E-state index contributed by atoms with van der Waals surface area (Å²) in [5, 5.41) is 0. The summed E-state index contributed by atoms with van der Waals surface area (Å²) < 4.78 is 4.46. The molecule has 0 heterocycles. The van der Waals surface area contributed by atoms with Crippen LogP contribution in [0.15, 0.2) is 0 Å². The van der Waals surface area contributed by atoms with Crippen molar-refractivity contribution in [3.8, 4) is 0 Å². The van der Waals surface area contributed by atoms with Crippen LogP contribution in [0.25, 0.3) is 0 Å². The summed E-state index contributed by atoms with van der Waals surface area (Å²) in [5.41, 5.74) is 0. The molecule has 2 nitrogen and oxygen atoms in total. The lowest BCUT2D eigenvalue weighted by atomic mass is 10.0. The van der Waals surface area contributed by atoms with Crippen LogP contribution in [0.1, 0.15) is 39.5 Å². The first kappa shape index (κ1) is 10.5. The number of rotatable bonds is 7. The summed E-state index contributed by atoms with van der Waals surface area (Å²) in [6, 6.07) is 0. The summed E-state index contributed by atoms with van der Waals surface area (Å²) in [6.07, 6.45) is 4.62. The van der Waals surface area contributed by atoms with Gasteiger partial charge >= 0.3 is 6.47 Å². The molecule has 0 amide bonds. The molecule has 0 aromatic rings. The Morgan fingerprint density at radius 3 is 2.73 bits per heavy atom. The number of carbonyl (C=O) groups excluding carboxylic acids is 1. The second-order valence-electron chi connectivity index (χ2n) is 2.97. The van der Waals surface area contributed by atoms with E-state index in [0.29, 0.717) is 6.61 Å². The van der Waals surface area contributed by atoms with Crippen LogP contribution in [0.2, 0.25) is 0 Å². The quantitative estimate of drug-likeness (QED) is 0.530. The van der Waals surface area contributed by atoms with E-state index < -0.39 is 0 Å². The van der Waals surface area contributed by atoms with Crippen LogP contribution in [-0.4, -0.2) is 13.1 Å². The van der Waals surface area contributed by atoms with Crippen molar-refractivity contribution in [1.29, 1.82) is 0 Å². The van der Waals surface area contributed by atoms with Crippen LogP contribution >= 0.6 is 0 Å². The lowest BCUT2D eigenvalue weighted by Gasteiger charge is -2.07. The smallest absolute Gasteiger partial charge is 0.417 e. The molecule has 65 valence electrons.